The Kier molecular flexibility index (Phi) is 5.15. The highest BCUT2D eigenvalue weighted by atomic mass is 16.2. The fourth-order valence-electron chi connectivity index (χ4n) is 2.94. The van der Waals surface area contributed by atoms with Gasteiger partial charge in [0.2, 0.25) is 0 Å². The summed E-state index contributed by atoms with van der Waals surface area (Å²) in [6, 6.07) is 9.77. The third kappa shape index (κ3) is 3.94. The summed E-state index contributed by atoms with van der Waals surface area (Å²) in [4.78, 5) is 19.0. The number of aromatic nitrogens is 2. The number of nitrogens with zero attached hydrogens (tertiary/aromatic N) is 5. The second-order valence-corrected chi connectivity index (χ2v) is 6.34. The molecule has 1 fully saturated rings. The number of benzene rings is 1. The lowest BCUT2D eigenvalue weighted by Crippen LogP contribution is -2.49. The van der Waals surface area contributed by atoms with Gasteiger partial charge in [0.15, 0.2) is 0 Å². The molecule has 0 bridgehead atoms. The summed E-state index contributed by atoms with van der Waals surface area (Å²) in [5.74, 6) is 0.132. The Labute approximate surface area is 143 Å². The maximum absolute atomic E-state index is 12.6. The van der Waals surface area contributed by atoms with Crippen LogP contribution in [0.2, 0.25) is 0 Å². The minimum absolute atomic E-state index is 0.132. The maximum Gasteiger partial charge on any atom is 0.253 e. The van der Waals surface area contributed by atoms with E-state index in [1.165, 1.54) is 0 Å². The van der Waals surface area contributed by atoms with Gasteiger partial charge in [-0.3, -0.25) is 14.4 Å². The molecular weight excluding hydrogens is 302 g/mol. The molecule has 24 heavy (non-hydrogen) atoms. The molecule has 2 heterocycles. The number of piperazine rings is 1. The lowest BCUT2D eigenvalue weighted by Gasteiger charge is -2.34. The van der Waals surface area contributed by atoms with Crippen LogP contribution in [0.5, 0.6) is 0 Å². The molecule has 1 aromatic carbocycles. The van der Waals surface area contributed by atoms with Crippen molar-refractivity contribution in [1.82, 2.24) is 19.6 Å². The average Bonchev–Trinajstić information content (AvgIpc) is 3.13. The molecule has 1 amide bonds. The van der Waals surface area contributed by atoms with Crippen LogP contribution < -0.4 is 4.90 Å². The van der Waals surface area contributed by atoms with Crippen LogP contribution in [0.4, 0.5) is 5.69 Å². The van der Waals surface area contributed by atoms with Crippen LogP contribution >= 0.6 is 0 Å². The Hall–Kier alpha value is -2.34. The van der Waals surface area contributed by atoms with Gasteiger partial charge in [0.05, 0.1) is 6.54 Å². The van der Waals surface area contributed by atoms with Gasteiger partial charge in [0, 0.05) is 70.5 Å². The van der Waals surface area contributed by atoms with Gasteiger partial charge in [-0.1, -0.05) is 0 Å². The Morgan fingerprint density at radius 3 is 2.38 bits per heavy atom. The Morgan fingerprint density at radius 1 is 1.08 bits per heavy atom. The van der Waals surface area contributed by atoms with Gasteiger partial charge < -0.3 is 9.80 Å². The molecule has 1 saturated heterocycles. The second-order valence-electron chi connectivity index (χ2n) is 6.34. The minimum Gasteiger partial charge on any atom is -0.378 e. The molecule has 6 heteroatoms. The van der Waals surface area contributed by atoms with Crippen molar-refractivity contribution >= 4 is 11.6 Å². The fraction of sp³-hybridized carbons (Fsp3) is 0.444. The van der Waals surface area contributed by atoms with E-state index in [1.54, 1.807) is 6.20 Å². The number of anilines is 1. The Bertz CT molecular complexity index is 643. The third-order valence-electron chi connectivity index (χ3n) is 4.49. The molecule has 0 saturated carbocycles. The largest absolute Gasteiger partial charge is 0.378 e. The molecule has 1 aliphatic heterocycles. The topological polar surface area (TPSA) is 44.6 Å². The molecule has 0 N–H and O–H groups in total. The summed E-state index contributed by atoms with van der Waals surface area (Å²) in [6.45, 7) is 5.28. The molecule has 128 valence electrons. The van der Waals surface area contributed by atoms with E-state index < -0.39 is 0 Å². The summed E-state index contributed by atoms with van der Waals surface area (Å²) < 4.78 is 1.95. The van der Waals surface area contributed by atoms with Crippen LogP contribution in [0.3, 0.4) is 0 Å². The van der Waals surface area contributed by atoms with Gasteiger partial charge in [-0.2, -0.15) is 5.10 Å². The molecule has 0 spiro atoms. The van der Waals surface area contributed by atoms with E-state index in [2.05, 4.69) is 10.00 Å². The van der Waals surface area contributed by atoms with Gasteiger partial charge >= 0.3 is 0 Å². The fourth-order valence-corrected chi connectivity index (χ4v) is 2.94. The first-order valence-corrected chi connectivity index (χ1v) is 8.40. The number of hydrogen-bond acceptors (Lipinski definition) is 4. The first-order valence-electron chi connectivity index (χ1n) is 8.40. The average molecular weight is 327 g/mol. The van der Waals surface area contributed by atoms with Crippen molar-refractivity contribution in [2.45, 2.75) is 6.54 Å². The lowest BCUT2D eigenvalue weighted by molar-refractivity contribution is 0.0632. The number of rotatable bonds is 5. The van der Waals surface area contributed by atoms with Crippen molar-refractivity contribution in [1.29, 1.82) is 0 Å². The zero-order valence-electron chi connectivity index (χ0n) is 14.4. The smallest absolute Gasteiger partial charge is 0.253 e. The highest BCUT2D eigenvalue weighted by Gasteiger charge is 2.21. The van der Waals surface area contributed by atoms with Crippen molar-refractivity contribution in [3.63, 3.8) is 0 Å². The van der Waals surface area contributed by atoms with E-state index in [0.29, 0.717) is 0 Å². The molecular formula is C18H25N5O. The minimum atomic E-state index is 0.132. The standard InChI is InChI=1S/C18H25N5O/c1-20(2)17-6-4-16(5-7-17)18(24)22-13-10-21(11-14-22)12-15-23-9-3-8-19-23/h3-9H,10-15H2,1-2H3. The molecule has 3 rings (SSSR count). The Balaban J connectivity index is 1.49. The normalized spacial score (nSPS) is 15.5. The van der Waals surface area contributed by atoms with E-state index in [9.17, 15) is 4.79 Å². The highest BCUT2D eigenvalue weighted by Crippen LogP contribution is 2.15. The van der Waals surface area contributed by atoms with Gasteiger partial charge in [-0.05, 0) is 30.3 Å². The number of hydrogen-bond donors (Lipinski definition) is 0. The zero-order chi connectivity index (χ0) is 16.9. The molecule has 6 nitrogen and oxygen atoms in total. The Morgan fingerprint density at radius 2 is 1.79 bits per heavy atom. The second kappa shape index (κ2) is 7.49. The molecule has 2 aromatic rings. The highest BCUT2D eigenvalue weighted by molar-refractivity contribution is 5.94. The monoisotopic (exact) mass is 327 g/mol. The predicted molar refractivity (Wildman–Crippen MR) is 95.3 cm³/mol. The molecule has 0 unspecified atom stereocenters. The third-order valence-corrected chi connectivity index (χ3v) is 4.49. The van der Waals surface area contributed by atoms with Crippen molar-refractivity contribution < 1.29 is 4.79 Å². The van der Waals surface area contributed by atoms with Gasteiger partial charge in [-0.15, -0.1) is 0 Å². The van der Waals surface area contributed by atoms with Crippen LogP contribution in [0, 0.1) is 0 Å². The van der Waals surface area contributed by atoms with Gasteiger partial charge in [-0.25, -0.2) is 0 Å². The SMILES string of the molecule is CN(C)c1ccc(C(=O)N2CCN(CCn3cccn3)CC2)cc1. The summed E-state index contributed by atoms with van der Waals surface area (Å²) in [6.07, 6.45) is 3.79. The molecule has 0 radical (unpaired) electrons. The van der Waals surface area contributed by atoms with E-state index in [4.69, 9.17) is 0 Å². The molecule has 0 atom stereocenters. The first kappa shape index (κ1) is 16.5. The molecule has 1 aliphatic rings. The number of carbonyl (C=O) groups excluding carboxylic acids is 1. The van der Waals surface area contributed by atoms with Crippen molar-refractivity contribution in [3.8, 4) is 0 Å². The van der Waals surface area contributed by atoms with Crippen LogP contribution in [-0.4, -0.2) is 72.3 Å². The predicted octanol–water partition coefficient (Wildman–Crippen LogP) is 1.41. The quantitative estimate of drug-likeness (QED) is 0.833. The molecule has 1 aromatic heterocycles. The van der Waals surface area contributed by atoms with Crippen LogP contribution in [0.15, 0.2) is 42.7 Å². The van der Waals surface area contributed by atoms with Gasteiger partial charge in [0.25, 0.3) is 5.91 Å². The summed E-state index contributed by atoms with van der Waals surface area (Å²) >= 11 is 0. The van der Waals surface area contributed by atoms with Crippen molar-refractivity contribution in [3.05, 3.63) is 48.3 Å². The number of carbonyl (C=O) groups is 1. The van der Waals surface area contributed by atoms with Crippen LogP contribution in [-0.2, 0) is 6.54 Å². The zero-order valence-corrected chi connectivity index (χ0v) is 14.4. The summed E-state index contributed by atoms with van der Waals surface area (Å²) in [7, 11) is 4.00. The summed E-state index contributed by atoms with van der Waals surface area (Å²) in [5.41, 5.74) is 1.88. The van der Waals surface area contributed by atoms with E-state index in [1.807, 2.05) is 65.1 Å². The van der Waals surface area contributed by atoms with Crippen molar-refractivity contribution in [2.75, 3.05) is 51.7 Å². The van der Waals surface area contributed by atoms with E-state index >= 15 is 0 Å². The first-order chi connectivity index (χ1) is 11.6. The van der Waals surface area contributed by atoms with Gasteiger partial charge in [0.1, 0.15) is 0 Å². The lowest BCUT2D eigenvalue weighted by atomic mass is 10.1. The van der Waals surface area contributed by atoms with E-state index in [0.717, 1.165) is 50.5 Å². The number of amides is 1. The van der Waals surface area contributed by atoms with Crippen LogP contribution in [0.1, 0.15) is 10.4 Å². The van der Waals surface area contributed by atoms with E-state index in [-0.39, 0.29) is 5.91 Å². The summed E-state index contributed by atoms with van der Waals surface area (Å²) in [5, 5.41) is 4.22. The van der Waals surface area contributed by atoms with Crippen LogP contribution in [0.25, 0.3) is 0 Å². The molecule has 0 aliphatic carbocycles. The maximum atomic E-state index is 12.6. The van der Waals surface area contributed by atoms with Crippen molar-refractivity contribution in [2.24, 2.45) is 0 Å².